The summed E-state index contributed by atoms with van der Waals surface area (Å²) in [5.41, 5.74) is 8.68. The van der Waals surface area contributed by atoms with Gasteiger partial charge in [0.25, 0.3) is 0 Å². The second-order valence-corrected chi connectivity index (χ2v) is 2.76. The third-order valence-electron chi connectivity index (χ3n) is 1.77. The van der Waals surface area contributed by atoms with Crippen molar-refractivity contribution in [3.05, 3.63) is 0 Å². The third kappa shape index (κ3) is 4.18. The molecule has 0 spiro atoms. The summed E-state index contributed by atoms with van der Waals surface area (Å²) in [4.78, 5) is 0. The van der Waals surface area contributed by atoms with E-state index in [0.717, 1.165) is 18.6 Å². The molecule has 0 aromatic carbocycles. The van der Waals surface area contributed by atoms with E-state index in [-0.39, 0.29) is 18.4 Å². The molecule has 1 rings (SSSR count). The standard InChI is InChI=1S/C7H14N4.ClH/c8-7(9)11-10-6-4-2-1-3-5-6;/h1-5H2,(H4,8,9,11);1H. The lowest BCUT2D eigenvalue weighted by molar-refractivity contribution is 0.661. The largest absolute Gasteiger partial charge is 0.369 e. The van der Waals surface area contributed by atoms with Crippen LogP contribution >= 0.6 is 12.4 Å². The number of halogens is 1. The van der Waals surface area contributed by atoms with E-state index in [1.165, 1.54) is 19.3 Å². The number of rotatable bonds is 1. The molecule has 1 saturated carbocycles. The van der Waals surface area contributed by atoms with E-state index in [4.69, 9.17) is 11.1 Å². The summed E-state index contributed by atoms with van der Waals surface area (Å²) in [7, 11) is 0. The Balaban J connectivity index is 0.00000121. The number of hydrogen-bond acceptors (Lipinski definition) is 2. The Labute approximate surface area is 78.5 Å². The van der Waals surface area contributed by atoms with Gasteiger partial charge in [-0.3, -0.25) is 5.41 Å². The van der Waals surface area contributed by atoms with Crippen LogP contribution in [0.25, 0.3) is 0 Å². The highest BCUT2D eigenvalue weighted by Gasteiger charge is 2.05. The Morgan fingerprint density at radius 1 is 1.33 bits per heavy atom. The van der Waals surface area contributed by atoms with E-state index in [1.54, 1.807) is 0 Å². The van der Waals surface area contributed by atoms with Crippen LogP contribution in [0.2, 0.25) is 0 Å². The van der Waals surface area contributed by atoms with Gasteiger partial charge in [-0.15, -0.1) is 12.4 Å². The van der Waals surface area contributed by atoms with Crippen LogP contribution in [0.5, 0.6) is 0 Å². The quantitative estimate of drug-likeness (QED) is 0.330. The maximum absolute atomic E-state index is 6.87. The van der Waals surface area contributed by atoms with Crippen molar-refractivity contribution < 1.29 is 0 Å². The molecule has 4 N–H and O–H groups in total. The van der Waals surface area contributed by atoms with E-state index < -0.39 is 0 Å². The first-order valence-electron chi connectivity index (χ1n) is 3.94. The van der Waals surface area contributed by atoms with Crippen molar-refractivity contribution in [1.29, 1.82) is 5.41 Å². The highest BCUT2D eigenvalue weighted by molar-refractivity contribution is 5.86. The Kier molecular flexibility index (Phi) is 5.45. The van der Waals surface area contributed by atoms with E-state index in [0.29, 0.717) is 0 Å². The summed E-state index contributed by atoms with van der Waals surface area (Å²) in [6, 6.07) is 0. The molecule has 0 heterocycles. The van der Waals surface area contributed by atoms with Crippen LogP contribution in [0.15, 0.2) is 5.10 Å². The third-order valence-corrected chi connectivity index (χ3v) is 1.77. The van der Waals surface area contributed by atoms with Gasteiger partial charge in [0.15, 0.2) is 0 Å². The van der Waals surface area contributed by atoms with Gasteiger partial charge in [-0.25, -0.2) is 5.43 Å². The molecule has 0 saturated heterocycles. The number of guanidine groups is 1. The smallest absolute Gasteiger partial charge is 0.206 e. The number of nitrogens with one attached hydrogen (secondary N) is 2. The maximum Gasteiger partial charge on any atom is 0.206 e. The summed E-state index contributed by atoms with van der Waals surface area (Å²) >= 11 is 0. The molecule has 0 aliphatic heterocycles. The van der Waals surface area contributed by atoms with Crippen LogP contribution in [0.1, 0.15) is 32.1 Å². The monoisotopic (exact) mass is 190 g/mol. The molecule has 70 valence electrons. The predicted octanol–water partition coefficient (Wildman–Crippen LogP) is 1.21. The molecular formula is C7H15ClN4. The number of nitrogens with two attached hydrogens (primary N) is 1. The summed E-state index contributed by atoms with van der Waals surface area (Å²) < 4.78 is 0. The average molecular weight is 191 g/mol. The van der Waals surface area contributed by atoms with Gasteiger partial charge >= 0.3 is 0 Å². The van der Waals surface area contributed by atoms with E-state index >= 15 is 0 Å². The van der Waals surface area contributed by atoms with Gasteiger partial charge in [0.2, 0.25) is 5.96 Å². The molecule has 5 heteroatoms. The number of hydrogen-bond donors (Lipinski definition) is 3. The SMILES string of the molecule is Cl.N=C(N)NN=C1CCCCC1. The first kappa shape index (κ1) is 11.2. The molecule has 1 fully saturated rings. The Bertz CT molecular complexity index is 170. The van der Waals surface area contributed by atoms with Crippen LogP contribution in [-0.4, -0.2) is 11.7 Å². The summed E-state index contributed by atoms with van der Waals surface area (Å²) in [6.07, 6.45) is 5.86. The van der Waals surface area contributed by atoms with Crippen molar-refractivity contribution >= 4 is 24.1 Å². The van der Waals surface area contributed by atoms with Gasteiger partial charge < -0.3 is 5.73 Å². The topological polar surface area (TPSA) is 74.3 Å². The second kappa shape index (κ2) is 5.83. The Morgan fingerprint density at radius 3 is 2.42 bits per heavy atom. The average Bonchev–Trinajstić information content (AvgIpc) is 2.03. The maximum atomic E-state index is 6.87. The minimum absolute atomic E-state index is 0. The Hall–Kier alpha value is -0.770. The van der Waals surface area contributed by atoms with Crippen LogP contribution < -0.4 is 11.2 Å². The summed E-state index contributed by atoms with van der Waals surface area (Å²) in [5.74, 6) is -0.0805. The molecule has 0 bridgehead atoms. The second-order valence-electron chi connectivity index (χ2n) is 2.76. The molecule has 0 unspecified atom stereocenters. The number of hydrazone groups is 1. The van der Waals surface area contributed by atoms with Crippen molar-refractivity contribution in [3.63, 3.8) is 0 Å². The molecule has 0 aromatic rings. The zero-order valence-electron chi connectivity index (χ0n) is 6.97. The van der Waals surface area contributed by atoms with Gasteiger partial charge in [-0.05, 0) is 25.7 Å². The molecule has 0 atom stereocenters. The summed E-state index contributed by atoms with van der Waals surface area (Å²) in [6.45, 7) is 0. The Morgan fingerprint density at radius 2 is 1.92 bits per heavy atom. The molecule has 1 aliphatic rings. The first-order chi connectivity index (χ1) is 5.29. The predicted molar refractivity (Wildman–Crippen MR) is 52.8 cm³/mol. The minimum atomic E-state index is -0.0805. The highest BCUT2D eigenvalue weighted by atomic mass is 35.5. The number of nitrogens with zero attached hydrogens (tertiary/aromatic N) is 1. The zero-order valence-corrected chi connectivity index (χ0v) is 7.78. The summed E-state index contributed by atoms with van der Waals surface area (Å²) in [5, 5.41) is 10.9. The van der Waals surface area contributed by atoms with Crippen molar-refractivity contribution in [2.45, 2.75) is 32.1 Å². The van der Waals surface area contributed by atoms with Gasteiger partial charge in [0.1, 0.15) is 0 Å². The first-order valence-corrected chi connectivity index (χ1v) is 3.94. The fourth-order valence-electron chi connectivity index (χ4n) is 1.21. The van der Waals surface area contributed by atoms with E-state index in [2.05, 4.69) is 10.5 Å². The minimum Gasteiger partial charge on any atom is -0.369 e. The van der Waals surface area contributed by atoms with Crippen molar-refractivity contribution in [3.8, 4) is 0 Å². The fraction of sp³-hybridized carbons (Fsp3) is 0.714. The van der Waals surface area contributed by atoms with Gasteiger partial charge in [0, 0.05) is 5.71 Å². The molecule has 12 heavy (non-hydrogen) atoms. The lowest BCUT2D eigenvalue weighted by Gasteiger charge is -2.11. The fourth-order valence-corrected chi connectivity index (χ4v) is 1.21. The van der Waals surface area contributed by atoms with Crippen molar-refractivity contribution in [2.24, 2.45) is 10.8 Å². The van der Waals surface area contributed by atoms with Crippen LogP contribution in [0, 0.1) is 5.41 Å². The molecule has 0 amide bonds. The van der Waals surface area contributed by atoms with E-state index in [1.807, 2.05) is 0 Å². The molecule has 1 aliphatic carbocycles. The molecular weight excluding hydrogens is 176 g/mol. The zero-order chi connectivity index (χ0) is 8.10. The van der Waals surface area contributed by atoms with Gasteiger partial charge in [-0.2, -0.15) is 5.10 Å². The van der Waals surface area contributed by atoms with Gasteiger partial charge in [0.05, 0.1) is 0 Å². The molecule has 0 aromatic heterocycles. The van der Waals surface area contributed by atoms with Crippen LogP contribution in [0.3, 0.4) is 0 Å². The lowest BCUT2D eigenvalue weighted by atomic mass is 9.99. The molecule has 4 nitrogen and oxygen atoms in total. The lowest BCUT2D eigenvalue weighted by Crippen LogP contribution is -2.27. The van der Waals surface area contributed by atoms with Crippen LogP contribution in [-0.2, 0) is 0 Å². The van der Waals surface area contributed by atoms with E-state index in [9.17, 15) is 0 Å². The highest BCUT2D eigenvalue weighted by Crippen LogP contribution is 2.13. The van der Waals surface area contributed by atoms with Crippen molar-refractivity contribution in [1.82, 2.24) is 5.43 Å². The molecule has 0 radical (unpaired) electrons. The van der Waals surface area contributed by atoms with Crippen molar-refractivity contribution in [2.75, 3.05) is 0 Å². The van der Waals surface area contributed by atoms with Gasteiger partial charge in [-0.1, -0.05) is 6.42 Å². The van der Waals surface area contributed by atoms with Crippen LogP contribution in [0.4, 0.5) is 0 Å². The normalized spacial score (nSPS) is 16.2.